The van der Waals surface area contributed by atoms with Crippen LogP contribution < -0.4 is 10.6 Å². The van der Waals surface area contributed by atoms with Gasteiger partial charge in [-0.2, -0.15) is 30.6 Å². The highest BCUT2D eigenvalue weighted by molar-refractivity contribution is 7.89. The fraction of sp³-hybridized carbons (Fsp3) is 0.409. The Morgan fingerprint density at radius 1 is 1.06 bits per heavy atom. The fourth-order valence-electron chi connectivity index (χ4n) is 3.70. The van der Waals surface area contributed by atoms with Crippen molar-refractivity contribution in [2.24, 2.45) is 0 Å². The lowest BCUT2D eigenvalue weighted by Gasteiger charge is -2.40. The molecule has 0 aliphatic carbocycles. The maximum absolute atomic E-state index is 13.2. The van der Waals surface area contributed by atoms with E-state index in [4.69, 9.17) is 5.73 Å². The largest absolute Gasteiger partial charge is 0.430 e. The van der Waals surface area contributed by atoms with Gasteiger partial charge in [0.1, 0.15) is 16.8 Å². The molecule has 2 aromatic rings. The Kier molecular flexibility index (Phi) is 7.50. The number of nitrogen functional groups attached to an aromatic ring is 1. The number of aliphatic hydroxyl groups is 1. The second-order valence-electron chi connectivity index (χ2n) is 7.92. The lowest BCUT2D eigenvalue weighted by molar-refractivity contribution is -0.376. The number of sulfonamides is 1. The van der Waals surface area contributed by atoms with Crippen LogP contribution >= 0.6 is 0 Å². The van der Waals surface area contributed by atoms with Crippen molar-refractivity contribution in [3.05, 3.63) is 48.2 Å². The van der Waals surface area contributed by atoms with E-state index in [2.05, 4.69) is 16.8 Å². The van der Waals surface area contributed by atoms with E-state index in [0.717, 1.165) is 18.3 Å². The Balaban J connectivity index is 1.92. The summed E-state index contributed by atoms with van der Waals surface area (Å²) in [4.78, 5) is 5.28. The third-order valence-corrected chi connectivity index (χ3v) is 7.47. The number of nitrogens with two attached hydrogens (primary N) is 1. The van der Waals surface area contributed by atoms with E-state index in [1.165, 1.54) is 16.4 Å². The molecule has 0 amide bonds. The van der Waals surface area contributed by atoms with Crippen LogP contribution in [0.3, 0.4) is 0 Å². The fourth-order valence-corrected chi connectivity index (χ4v) is 5.09. The summed E-state index contributed by atoms with van der Waals surface area (Å²) in [7, 11) is -3.96. The summed E-state index contributed by atoms with van der Waals surface area (Å²) in [5.74, 6) is 5.87. The van der Waals surface area contributed by atoms with Gasteiger partial charge in [-0.05, 0) is 24.3 Å². The van der Waals surface area contributed by atoms with Gasteiger partial charge in [0, 0.05) is 43.5 Å². The first-order valence-electron chi connectivity index (χ1n) is 10.6. The highest BCUT2D eigenvalue weighted by Gasteiger charge is 2.71. The molecule has 3 rings (SSSR count). The number of nitrogens with zero attached hydrogens (tertiary/aromatic N) is 3. The number of alkyl halides is 6. The van der Waals surface area contributed by atoms with Gasteiger partial charge in [-0.25, -0.2) is 13.4 Å². The molecule has 1 aromatic carbocycles. The molecule has 7 nitrogen and oxygen atoms in total. The summed E-state index contributed by atoms with van der Waals surface area (Å²) in [5.41, 5.74) is -0.708. The maximum Gasteiger partial charge on any atom is 0.430 e. The van der Waals surface area contributed by atoms with E-state index >= 15 is 0 Å². The van der Waals surface area contributed by atoms with Crippen LogP contribution in [0.5, 0.6) is 0 Å². The highest BCUT2D eigenvalue weighted by atomic mass is 32.2. The van der Waals surface area contributed by atoms with Crippen molar-refractivity contribution in [1.29, 1.82) is 0 Å². The summed E-state index contributed by atoms with van der Waals surface area (Å²) in [6.07, 6.45) is -10.5. The van der Waals surface area contributed by atoms with Crippen LogP contribution in [0.2, 0.25) is 0 Å². The van der Waals surface area contributed by atoms with Crippen molar-refractivity contribution in [2.45, 2.75) is 42.2 Å². The number of piperazine rings is 1. The van der Waals surface area contributed by atoms with Gasteiger partial charge in [0.2, 0.25) is 10.0 Å². The van der Waals surface area contributed by atoms with Gasteiger partial charge in [0.15, 0.2) is 0 Å². The van der Waals surface area contributed by atoms with E-state index in [0.29, 0.717) is 18.6 Å². The number of hydrogen-bond acceptors (Lipinski definition) is 6. The summed E-state index contributed by atoms with van der Waals surface area (Å²) >= 11 is 0. The second-order valence-corrected chi connectivity index (χ2v) is 9.86. The van der Waals surface area contributed by atoms with Crippen molar-refractivity contribution in [1.82, 2.24) is 9.29 Å². The van der Waals surface area contributed by atoms with E-state index in [1.54, 1.807) is 11.8 Å². The minimum Gasteiger partial charge on any atom is -0.384 e. The molecule has 1 aliphatic heterocycles. The Hall–Kier alpha value is -3.02. The Labute approximate surface area is 203 Å². The second kappa shape index (κ2) is 9.79. The summed E-state index contributed by atoms with van der Waals surface area (Å²) in [6.45, 7) is 1.66. The predicted octanol–water partition coefficient (Wildman–Crippen LogP) is 3.27. The normalized spacial score (nSPS) is 18.0. The SMILES string of the molecule is CCC#CC1CN(S(=O)(=O)c2ccc(N)nc2)CCN1c1ccc(C(O)(C(F)(F)F)C(F)(F)F)cc1. The van der Waals surface area contributed by atoms with Crippen LogP contribution in [0.15, 0.2) is 47.5 Å². The number of pyridine rings is 1. The number of hydrogen-bond donors (Lipinski definition) is 2. The predicted molar refractivity (Wildman–Crippen MR) is 119 cm³/mol. The van der Waals surface area contributed by atoms with Gasteiger partial charge in [-0.1, -0.05) is 25.0 Å². The Bertz CT molecular complexity index is 1220. The van der Waals surface area contributed by atoms with Crippen molar-refractivity contribution in [2.75, 3.05) is 30.3 Å². The molecule has 0 saturated carbocycles. The summed E-state index contributed by atoms with van der Waals surface area (Å²) < 4.78 is 106. The van der Waals surface area contributed by atoms with Crippen LogP contribution in [0.4, 0.5) is 37.8 Å². The minimum atomic E-state index is -6.00. The van der Waals surface area contributed by atoms with Crippen LogP contribution in [0.1, 0.15) is 18.9 Å². The topological polar surface area (TPSA) is 99.8 Å². The van der Waals surface area contributed by atoms with Crippen LogP contribution in [-0.2, 0) is 15.6 Å². The van der Waals surface area contributed by atoms with Crippen LogP contribution in [0, 0.1) is 11.8 Å². The molecule has 36 heavy (non-hydrogen) atoms. The van der Waals surface area contributed by atoms with E-state index in [-0.39, 0.29) is 36.0 Å². The first-order chi connectivity index (χ1) is 16.6. The molecule has 2 heterocycles. The highest BCUT2D eigenvalue weighted by Crippen LogP contribution is 2.50. The molecule has 14 heteroatoms. The van der Waals surface area contributed by atoms with Gasteiger partial charge < -0.3 is 15.7 Å². The smallest absolute Gasteiger partial charge is 0.384 e. The van der Waals surface area contributed by atoms with Gasteiger partial charge in [0.25, 0.3) is 5.60 Å². The van der Waals surface area contributed by atoms with E-state index in [1.807, 2.05) is 0 Å². The number of rotatable bonds is 4. The Morgan fingerprint density at radius 3 is 2.17 bits per heavy atom. The molecule has 1 unspecified atom stereocenters. The number of anilines is 2. The summed E-state index contributed by atoms with van der Waals surface area (Å²) in [6, 6.07) is 5.00. The molecular weight excluding hydrogens is 514 g/mol. The standard InChI is InChI=1S/C22H22F6N4O3S/c1-2-3-4-17-14-31(36(34,35)18-9-10-19(29)30-13-18)11-12-32(17)16-7-5-15(6-8-16)20(33,21(23,24)25)22(26,27)28/h5-10,13,17,33H,2,11-12,14H2,1H3,(H2,29,30). The molecule has 0 bridgehead atoms. The minimum absolute atomic E-state index is 0.0339. The molecule has 1 saturated heterocycles. The van der Waals surface area contributed by atoms with Crippen molar-refractivity contribution < 1.29 is 39.9 Å². The third-order valence-electron chi connectivity index (χ3n) is 5.62. The zero-order valence-corrected chi connectivity index (χ0v) is 19.6. The van der Waals surface area contributed by atoms with Crippen LogP contribution in [-0.4, -0.2) is 60.8 Å². The number of benzene rings is 1. The van der Waals surface area contributed by atoms with Gasteiger partial charge in [0.05, 0.1) is 0 Å². The van der Waals surface area contributed by atoms with Crippen molar-refractivity contribution in [3.63, 3.8) is 0 Å². The lowest BCUT2D eigenvalue weighted by atomic mass is 9.92. The molecule has 196 valence electrons. The van der Waals surface area contributed by atoms with E-state index in [9.17, 15) is 39.9 Å². The Morgan fingerprint density at radius 2 is 1.67 bits per heavy atom. The van der Waals surface area contributed by atoms with Crippen LogP contribution in [0.25, 0.3) is 0 Å². The molecule has 1 fully saturated rings. The number of aromatic nitrogens is 1. The molecule has 0 spiro atoms. The quantitative estimate of drug-likeness (QED) is 0.460. The van der Waals surface area contributed by atoms with Gasteiger partial charge in [-0.3, -0.25) is 0 Å². The first-order valence-corrected chi connectivity index (χ1v) is 12.0. The van der Waals surface area contributed by atoms with Gasteiger partial charge in [-0.15, -0.1) is 5.92 Å². The monoisotopic (exact) mass is 536 g/mol. The molecule has 3 N–H and O–H groups in total. The zero-order chi connectivity index (χ0) is 26.9. The third kappa shape index (κ3) is 5.09. The zero-order valence-electron chi connectivity index (χ0n) is 18.8. The molecule has 1 aliphatic rings. The molecule has 1 aromatic heterocycles. The van der Waals surface area contributed by atoms with E-state index < -0.39 is 39.6 Å². The van der Waals surface area contributed by atoms with Crippen molar-refractivity contribution in [3.8, 4) is 11.8 Å². The van der Waals surface area contributed by atoms with Crippen molar-refractivity contribution >= 4 is 21.5 Å². The number of halogens is 6. The average Bonchev–Trinajstić information content (AvgIpc) is 2.81. The average molecular weight is 536 g/mol. The molecule has 1 atom stereocenters. The summed E-state index contributed by atoms with van der Waals surface area (Å²) in [5, 5.41) is 9.60. The molecular formula is C22H22F6N4O3S. The lowest BCUT2D eigenvalue weighted by Crippen LogP contribution is -2.55. The molecule has 0 radical (unpaired) electrons. The first kappa shape index (κ1) is 27.6. The van der Waals surface area contributed by atoms with Gasteiger partial charge >= 0.3 is 12.4 Å². The maximum atomic E-state index is 13.2.